The molecule has 9 nitrogen and oxygen atoms in total. The molecule has 0 aliphatic carbocycles. The number of halogens is 1. The molecule has 1 saturated heterocycles. The van der Waals surface area contributed by atoms with Gasteiger partial charge in [0.1, 0.15) is 17.5 Å². The minimum Gasteiger partial charge on any atom is -0.495 e. The van der Waals surface area contributed by atoms with Crippen molar-refractivity contribution in [3.05, 3.63) is 82.3 Å². The molecule has 1 heterocycles. The van der Waals surface area contributed by atoms with Gasteiger partial charge in [0.25, 0.3) is 0 Å². The Morgan fingerprint density at radius 1 is 1.03 bits per heavy atom. The molecule has 0 saturated carbocycles. The molecule has 1 atom stereocenters. The molecule has 0 unspecified atom stereocenters. The van der Waals surface area contributed by atoms with Crippen LogP contribution in [0.2, 0.25) is 0 Å². The van der Waals surface area contributed by atoms with Crippen molar-refractivity contribution in [3.63, 3.8) is 0 Å². The van der Waals surface area contributed by atoms with Gasteiger partial charge in [-0.2, -0.15) is 0 Å². The van der Waals surface area contributed by atoms with Crippen LogP contribution >= 0.6 is 15.9 Å². The molecule has 4 rings (SSSR count). The number of rotatable bonds is 9. The van der Waals surface area contributed by atoms with E-state index in [0.29, 0.717) is 35.8 Å². The first-order valence-corrected chi connectivity index (χ1v) is 12.4. The number of urea groups is 1. The number of nitrogens with zero attached hydrogens (tertiary/aromatic N) is 1. The number of carboxylic acid groups (broad SMARTS) is 1. The molecule has 37 heavy (non-hydrogen) atoms. The molecule has 10 heteroatoms. The largest absolute Gasteiger partial charge is 0.495 e. The summed E-state index contributed by atoms with van der Waals surface area (Å²) in [5.74, 6) is -0.107. The van der Waals surface area contributed by atoms with E-state index in [4.69, 9.17) is 14.7 Å². The van der Waals surface area contributed by atoms with E-state index in [9.17, 15) is 14.4 Å². The van der Waals surface area contributed by atoms with Gasteiger partial charge in [-0.05, 0) is 82.9 Å². The molecule has 0 aromatic heterocycles. The highest BCUT2D eigenvalue weighted by molar-refractivity contribution is 9.10. The molecule has 3 N–H and O–H groups in total. The van der Waals surface area contributed by atoms with Gasteiger partial charge in [0.05, 0.1) is 24.0 Å². The number of hydrogen-bond donors (Lipinski definition) is 3. The fourth-order valence-electron chi connectivity index (χ4n) is 4.07. The number of ether oxygens (including phenoxy) is 1. The first-order chi connectivity index (χ1) is 17.8. The number of carbonyl (C=O) groups is 3. The molecule has 0 spiro atoms. The highest BCUT2D eigenvalue weighted by Crippen LogP contribution is 2.28. The third-order valence-corrected chi connectivity index (χ3v) is 6.61. The van der Waals surface area contributed by atoms with Crippen LogP contribution in [0.3, 0.4) is 0 Å². The maximum atomic E-state index is 13.1. The van der Waals surface area contributed by atoms with Crippen LogP contribution in [0.5, 0.6) is 11.5 Å². The lowest BCUT2D eigenvalue weighted by atomic mass is 10.0. The number of amides is 2. The summed E-state index contributed by atoms with van der Waals surface area (Å²) >= 11 is 3.40. The first kappa shape index (κ1) is 26.2. The molecule has 0 bridgehead atoms. The highest BCUT2D eigenvalue weighted by Gasteiger charge is 2.32. The van der Waals surface area contributed by atoms with Gasteiger partial charge < -0.3 is 25.3 Å². The van der Waals surface area contributed by atoms with Crippen LogP contribution in [0, 0.1) is 0 Å². The third-order valence-electron chi connectivity index (χ3n) is 5.91. The molecule has 1 fully saturated rings. The Morgan fingerprint density at radius 3 is 2.46 bits per heavy atom. The first-order valence-electron chi connectivity index (χ1n) is 11.6. The second-order valence-electron chi connectivity index (χ2n) is 8.46. The SMILES string of the molecule is COc1cc(CC(=O)[C@@H]2CCCN2Oc2ccc(C(=O)O)cc2)ccc1NC(=O)Nc1ccccc1Br. The number of anilines is 2. The van der Waals surface area contributed by atoms with E-state index < -0.39 is 18.0 Å². The van der Waals surface area contributed by atoms with Crippen LogP contribution in [0.4, 0.5) is 16.2 Å². The Kier molecular flexibility index (Phi) is 8.42. The lowest BCUT2D eigenvalue weighted by Gasteiger charge is -2.23. The maximum Gasteiger partial charge on any atom is 0.335 e. The molecule has 1 aliphatic heterocycles. The van der Waals surface area contributed by atoms with Crippen molar-refractivity contribution in [2.75, 3.05) is 24.3 Å². The van der Waals surface area contributed by atoms with E-state index >= 15 is 0 Å². The average Bonchev–Trinajstić information content (AvgIpc) is 3.35. The van der Waals surface area contributed by atoms with Gasteiger partial charge in [-0.3, -0.25) is 4.79 Å². The number of ketones is 1. The highest BCUT2D eigenvalue weighted by atomic mass is 79.9. The Labute approximate surface area is 222 Å². The fraction of sp³-hybridized carbons (Fsp3) is 0.222. The van der Waals surface area contributed by atoms with Crippen LogP contribution in [0.15, 0.2) is 71.2 Å². The number of carbonyl (C=O) groups excluding carboxylic acids is 2. The van der Waals surface area contributed by atoms with Gasteiger partial charge in [0.2, 0.25) is 0 Å². The van der Waals surface area contributed by atoms with Crippen molar-refractivity contribution in [1.82, 2.24) is 5.06 Å². The zero-order valence-electron chi connectivity index (χ0n) is 20.1. The Balaban J connectivity index is 1.38. The van der Waals surface area contributed by atoms with Crippen molar-refractivity contribution in [2.45, 2.75) is 25.3 Å². The van der Waals surface area contributed by atoms with Gasteiger partial charge in [-0.15, -0.1) is 5.06 Å². The second kappa shape index (κ2) is 11.9. The van der Waals surface area contributed by atoms with E-state index in [0.717, 1.165) is 16.5 Å². The number of Topliss-reactive ketones (excluding diaryl/α,β-unsaturated/α-hetero) is 1. The van der Waals surface area contributed by atoms with E-state index in [2.05, 4.69) is 26.6 Å². The van der Waals surface area contributed by atoms with E-state index in [1.54, 1.807) is 41.5 Å². The maximum absolute atomic E-state index is 13.1. The van der Waals surface area contributed by atoms with Crippen molar-refractivity contribution in [3.8, 4) is 11.5 Å². The van der Waals surface area contributed by atoms with Gasteiger partial charge in [-0.1, -0.05) is 18.2 Å². The summed E-state index contributed by atoms with van der Waals surface area (Å²) in [5.41, 5.74) is 2.01. The zero-order valence-corrected chi connectivity index (χ0v) is 21.7. The summed E-state index contributed by atoms with van der Waals surface area (Å²) in [6.07, 6.45) is 1.64. The van der Waals surface area contributed by atoms with Crippen molar-refractivity contribution in [2.24, 2.45) is 0 Å². The molecule has 2 amide bonds. The number of aromatic carboxylic acids is 1. The fourth-order valence-corrected chi connectivity index (χ4v) is 4.46. The monoisotopic (exact) mass is 567 g/mol. The van der Waals surface area contributed by atoms with E-state index in [1.165, 1.54) is 19.2 Å². The Morgan fingerprint density at radius 2 is 1.76 bits per heavy atom. The Bertz CT molecular complexity index is 1300. The van der Waals surface area contributed by atoms with Crippen molar-refractivity contribution in [1.29, 1.82) is 0 Å². The van der Waals surface area contributed by atoms with E-state index in [-0.39, 0.29) is 17.8 Å². The number of para-hydroxylation sites is 1. The smallest absolute Gasteiger partial charge is 0.335 e. The van der Waals surface area contributed by atoms with Gasteiger partial charge >= 0.3 is 12.0 Å². The van der Waals surface area contributed by atoms with Crippen LogP contribution in [-0.4, -0.2) is 47.6 Å². The summed E-state index contributed by atoms with van der Waals surface area (Å²) in [4.78, 5) is 42.5. The topological polar surface area (TPSA) is 117 Å². The standard InChI is InChI=1S/C27H26BrN3O6/c1-36-25-16-17(8-13-22(25)30-27(35)29-21-6-3-2-5-20(21)28)15-24(32)23-7-4-14-31(23)37-19-11-9-18(10-12-19)26(33)34/h2-3,5-6,8-13,16,23H,4,7,14-15H2,1H3,(H,33,34)(H2,29,30,35)/t23-/m0/s1. The lowest BCUT2D eigenvalue weighted by molar-refractivity contribution is -0.135. The van der Waals surface area contributed by atoms with Crippen molar-refractivity contribution < 1.29 is 29.1 Å². The zero-order chi connectivity index (χ0) is 26.4. The Hall–Kier alpha value is -3.89. The molecular formula is C27H26BrN3O6. The lowest BCUT2D eigenvalue weighted by Crippen LogP contribution is -2.39. The summed E-state index contributed by atoms with van der Waals surface area (Å²) in [6, 6.07) is 17.7. The summed E-state index contributed by atoms with van der Waals surface area (Å²) < 4.78 is 6.21. The van der Waals surface area contributed by atoms with Gasteiger partial charge in [0, 0.05) is 17.4 Å². The molecule has 192 valence electrons. The molecular weight excluding hydrogens is 542 g/mol. The molecule has 0 radical (unpaired) electrons. The van der Waals surface area contributed by atoms with Crippen molar-refractivity contribution >= 4 is 45.1 Å². The van der Waals surface area contributed by atoms with Crippen LogP contribution < -0.4 is 20.2 Å². The van der Waals surface area contributed by atoms with Crippen LogP contribution in [0.25, 0.3) is 0 Å². The predicted octanol–water partition coefficient (Wildman–Crippen LogP) is 5.37. The van der Waals surface area contributed by atoms with E-state index in [1.807, 2.05) is 18.2 Å². The molecule has 3 aromatic rings. The number of nitrogens with one attached hydrogen (secondary N) is 2. The van der Waals surface area contributed by atoms with Crippen LogP contribution in [-0.2, 0) is 11.2 Å². The molecule has 1 aliphatic rings. The number of methoxy groups -OCH3 is 1. The number of benzene rings is 3. The summed E-state index contributed by atoms with van der Waals surface area (Å²) in [5, 5.41) is 16.2. The number of carboxylic acids is 1. The number of hydroxylamine groups is 2. The predicted molar refractivity (Wildman–Crippen MR) is 142 cm³/mol. The minimum absolute atomic E-state index is 0.00547. The summed E-state index contributed by atoms with van der Waals surface area (Å²) in [7, 11) is 1.50. The summed E-state index contributed by atoms with van der Waals surface area (Å²) in [6.45, 7) is 0.593. The van der Waals surface area contributed by atoms with Crippen LogP contribution in [0.1, 0.15) is 28.8 Å². The normalized spacial score (nSPS) is 15.1. The molecule has 3 aromatic carbocycles. The number of hydrogen-bond acceptors (Lipinski definition) is 6. The third kappa shape index (κ3) is 6.66. The van der Waals surface area contributed by atoms with Gasteiger partial charge in [0.15, 0.2) is 5.78 Å². The second-order valence-corrected chi connectivity index (χ2v) is 9.31. The average molecular weight is 568 g/mol. The van der Waals surface area contributed by atoms with Gasteiger partial charge in [-0.25, -0.2) is 9.59 Å². The minimum atomic E-state index is -1.01. The quantitative estimate of drug-likeness (QED) is 0.318.